The van der Waals surface area contributed by atoms with E-state index in [0.717, 1.165) is 16.5 Å². The molecule has 0 atom stereocenters. The van der Waals surface area contributed by atoms with Gasteiger partial charge in [-0.1, -0.05) is 18.2 Å². The summed E-state index contributed by atoms with van der Waals surface area (Å²) in [5, 5.41) is 1.05. The van der Waals surface area contributed by atoms with Gasteiger partial charge >= 0.3 is 0 Å². The minimum Gasteiger partial charge on any atom is -0.464 e. The van der Waals surface area contributed by atoms with Gasteiger partial charge in [0.1, 0.15) is 5.58 Å². The van der Waals surface area contributed by atoms with E-state index in [1.807, 2.05) is 30.3 Å². The third-order valence-corrected chi connectivity index (χ3v) is 2.11. The Morgan fingerprint density at radius 3 is 3.07 bits per heavy atom. The zero-order valence-electron chi connectivity index (χ0n) is 8.14. The van der Waals surface area contributed by atoms with Crippen molar-refractivity contribution in [1.29, 1.82) is 0 Å². The van der Waals surface area contributed by atoms with E-state index in [1.165, 1.54) is 0 Å². The second-order valence-electron chi connectivity index (χ2n) is 3.29. The number of rotatable bonds is 3. The lowest BCUT2D eigenvalue weighted by Gasteiger charge is -1.93. The van der Waals surface area contributed by atoms with Crippen molar-refractivity contribution in [3.8, 4) is 0 Å². The lowest BCUT2D eigenvalue weighted by atomic mass is 10.1. The van der Waals surface area contributed by atoms with Crippen LogP contribution in [0.25, 0.3) is 17.0 Å². The van der Waals surface area contributed by atoms with Crippen LogP contribution in [0.15, 0.2) is 41.0 Å². The quantitative estimate of drug-likeness (QED) is 0.828. The van der Waals surface area contributed by atoms with E-state index in [-0.39, 0.29) is 12.3 Å². The smallest absolute Gasteiger partial charge is 0.221 e. The van der Waals surface area contributed by atoms with E-state index in [1.54, 1.807) is 12.3 Å². The molecule has 1 aromatic carbocycles. The first kappa shape index (κ1) is 9.52. The summed E-state index contributed by atoms with van der Waals surface area (Å²) >= 11 is 0. The monoisotopic (exact) mass is 201 g/mol. The number of hydrogen-bond acceptors (Lipinski definition) is 2. The molecule has 1 heterocycles. The molecule has 0 aliphatic rings. The third-order valence-electron chi connectivity index (χ3n) is 2.11. The van der Waals surface area contributed by atoms with Gasteiger partial charge in [0.05, 0.1) is 6.26 Å². The van der Waals surface area contributed by atoms with Gasteiger partial charge < -0.3 is 10.2 Å². The van der Waals surface area contributed by atoms with Crippen LogP contribution in [0.4, 0.5) is 0 Å². The number of hydrogen-bond donors (Lipinski definition) is 1. The van der Waals surface area contributed by atoms with Crippen LogP contribution >= 0.6 is 0 Å². The molecule has 0 radical (unpaired) electrons. The fraction of sp³-hybridized carbons (Fsp3) is 0.0833. The fourth-order valence-electron chi connectivity index (χ4n) is 1.40. The molecule has 0 spiro atoms. The molecular weight excluding hydrogens is 190 g/mol. The maximum atomic E-state index is 10.5. The van der Waals surface area contributed by atoms with Crippen LogP contribution in [0, 0.1) is 0 Å². The molecule has 1 amide bonds. The van der Waals surface area contributed by atoms with Gasteiger partial charge in [-0.25, -0.2) is 0 Å². The molecule has 0 saturated carbocycles. The van der Waals surface area contributed by atoms with Crippen molar-refractivity contribution >= 4 is 23.0 Å². The SMILES string of the molecule is NC(=O)CC=Cc1ccc2occc2c1. The highest BCUT2D eigenvalue weighted by molar-refractivity contribution is 5.81. The molecule has 0 bridgehead atoms. The minimum atomic E-state index is -0.323. The molecule has 15 heavy (non-hydrogen) atoms. The van der Waals surface area contributed by atoms with Gasteiger partial charge in [0.15, 0.2) is 0 Å². The first-order chi connectivity index (χ1) is 7.25. The third kappa shape index (κ3) is 2.26. The summed E-state index contributed by atoms with van der Waals surface area (Å²) in [5.74, 6) is -0.323. The molecule has 76 valence electrons. The Balaban J connectivity index is 2.21. The van der Waals surface area contributed by atoms with Gasteiger partial charge in [-0.3, -0.25) is 4.79 Å². The summed E-state index contributed by atoms with van der Waals surface area (Å²) in [7, 11) is 0. The number of benzene rings is 1. The van der Waals surface area contributed by atoms with E-state index in [0.29, 0.717) is 0 Å². The van der Waals surface area contributed by atoms with Crippen LogP contribution < -0.4 is 5.73 Å². The average molecular weight is 201 g/mol. The van der Waals surface area contributed by atoms with Gasteiger partial charge in [-0.15, -0.1) is 0 Å². The van der Waals surface area contributed by atoms with Crippen LogP contribution in [0.2, 0.25) is 0 Å². The highest BCUT2D eigenvalue weighted by atomic mass is 16.3. The molecule has 2 rings (SSSR count). The van der Waals surface area contributed by atoms with Crippen LogP contribution in [0.5, 0.6) is 0 Å². The van der Waals surface area contributed by atoms with E-state index < -0.39 is 0 Å². The van der Waals surface area contributed by atoms with Gasteiger partial charge in [-0.05, 0) is 23.8 Å². The Hall–Kier alpha value is -2.03. The Morgan fingerprint density at radius 1 is 1.40 bits per heavy atom. The van der Waals surface area contributed by atoms with Crippen molar-refractivity contribution in [2.24, 2.45) is 5.73 Å². The standard InChI is InChI=1S/C12H11NO2/c13-12(14)3-1-2-9-4-5-11-10(8-9)6-7-15-11/h1-2,4-8H,3H2,(H2,13,14). The summed E-state index contributed by atoms with van der Waals surface area (Å²) in [6.45, 7) is 0. The van der Waals surface area contributed by atoms with E-state index in [4.69, 9.17) is 10.2 Å². The first-order valence-electron chi connectivity index (χ1n) is 4.68. The Labute approximate surface area is 87.2 Å². The molecule has 0 saturated heterocycles. The van der Waals surface area contributed by atoms with E-state index in [2.05, 4.69) is 0 Å². The Bertz CT molecular complexity index is 511. The highest BCUT2D eigenvalue weighted by Crippen LogP contribution is 2.17. The van der Waals surface area contributed by atoms with Gasteiger partial charge in [0.2, 0.25) is 5.91 Å². The number of amides is 1. The molecule has 0 unspecified atom stereocenters. The number of fused-ring (bicyclic) bond motifs is 1. The molecular formula is C12H11NO2. The van der Waals surface area contributed by atoms with Crippen LogP contribution in [0.3, 0.4) is 0 Å². The minimum absolute atomic E-state index is 0.267. The lowest BCUT2D eigenvalue weighted by molar-refractivity contribution is -0.117. The Kier molecular flexibility index (Phi) is 2.54. The molecule has 1 aromatic heterocycles. The fourth-order valence-corrected chi connectivity index (χ4v) is 1.40. The predicted molar refractivity (Wildman–Crippen MR) is 59.1 cm³/mol. The summed E-state index contributed by atoms with van der Waals surface area (Å²) < 4.78 is 5.22. The van der Waals surface area contributed by atoms with Crippen molar-refractivity contribution in [3.63, 3.8) is 0 Å². The van der Waals surface area contributed by atoms with Crippen LogP contribution in [0.1, 0.15) is 12.0 Å². The maximum Gasteiger partial charge on any atom is 0.221 e. The number of primary amides is 1. The molecule has 0 aliphatic heterocycles. The molecule has 2 aromatic rings. The second kappa shape index (κ2) is 4.00. The van der Waals surface area contributed by atoms with Crippen molar-refractivity contribution < 1.29 is 9.21 Å². The van der Waals surface area contributed by atoms with Gasteiger partial charge in [-0.2, -0.15) is 0 Å². The van der Waals surface area contributed by atoms with E-state index >= 15 is 0 Å². The number of furan rings is 1. The largest absolute Gasteiger partial charge is 0.464 e. The normalized spacial score (nSPS) is 11.2. The zero-order chi connectivity index (χ0) is 10.7. The average Bonchev–Trinajstić information content (AvgIpc) is 2.64. The summed E-state index contributed by atoms with van der Waals surface area (Å²) in [6.07, 6.45) is 5.55. The van der Waals surface area contributed by atoms with E-state index in [9.17, 15) is 4.79 Å². The highest BCUT2D eigenvalue weighted by Gasteiger charge is 1.96. The first-order valence-corrected chi connectivity index (χ1v) is 4.68. The molecule has 2 N–H and O–H groups in total. The Morgan fingerprint density at radius 2 is 2.27 bits per heavy atom. The number of carbonyl (C=O) groups is 1. The molecule has 0 aliphatic carbocycles. The topological polar surface area (TPSA) is 56.2 Å². The van der Waals surface area contributed by atoms with Crippen molar-refractivity contribution in [3.05, 3.63) is 42.2 Å². The predicted octanol–water partition coefficient (Wildman–Crippen LogP) is 2.32. The summed E-state index contributed by atoms with van der Waals surface area (Å²) in [6, 6.07) is 7.74. The number of nitrogens with two attached hydrogens (primary N) is 1. The second-order valence-corrected chi connectivity index (χ2v) is 3.29. The van der Waals surface area contributed by atoms with Crippen LogP contribution in [-0.4, -0.2) is 5.91 Å². The molecule has 3 heteroatoms. The number of carbonyl (C=O) groups excluding carboxylic acids is 1. The van der Waals surface area contributed by atoms with Crippen molar-refractivity contribution in [2.75, 3.05) is 0 Å². The lowest BCUT2D eigenvalue weighted by Crippen LogP contribution is -2.07. The van der Waals surface area contributed by atoms with Crippen molar-refractivity contribution in [2.45, 2.75) is 6.42 Å². The molecule has 3 nitrogen and oxygen atoms in total. The van der Waals surface area contributed by atoms with Gasteiger partial charge in [0.25, 0.3) is 0 Å². The maximum absolute atomic E-state index is 10.5. The van der Waals surface area contributed by atoms with Crippen LogP contribution in [-0.2, 0) is 4.79 Å². The zero-order valence-corrected chi connectivity index (χ0v) is 8.14. The van der Waals surface area contributed by atoms with Crippen molar-refractivity contribution in [1.82, 2.24) is 0 Å². The van der Waals surface area contributed by atoms with Gasteiger partial charge in [0, 0.05) is 11.8 Å². The summed E-state index contributed by atoms with van der Waals surface area (Å²) in [5.41, 5.74) is 6.92. The molecule has 0 fully saturated rings. The summed E-state index contributed by atoms with van der Waals surface area (Å²) in [4.78, 5) is 10.5.